The van der Waals surface area contributed by atoms with Crippen molar-refractivity contribution in [3.05, 3.63) is 11.6 Å². The van der Waals surface area contributed by atoms with Crippen LogP contribution in [-0.2, 0) is 23.7 Å². The highest BCUT2D eigenvalue weighted by atomic mass is 16.8. The molecule has 1 spiro atoms. The molecule has 0 radical (unpaired) electrons. The van der Waals surface area contributed by atoms with Crippen LogP contribution in [0.4, 0.5) is 0 Å². The number of hydrogen-bond acceptors (Lipinski definition) is 5. The second-order valence-corrected chi connectivity index (χ2v) is 12.0. The second kappa shape index (κ2) is 7.03. The lowest BCUT2D eigenvalue weighted by atomic mass is 9.46. The quantitative estimate of drug-likeness (QED) is 0.629. The van der Waals surface area contributed by atoms with Crippen molar-refractivity contribution in [2.24, 2.45) is 34.5 Å². The molecule has 4 aliphatic carbocycles. The van der Waals surface area contributed by atoms with Crippen LogP contribution in [0.15, 0.2) is 11.6 Å². The molecule has 1 N–H and O–H groups in total. The van der Waals surface area contributed by atoms with E-state index in [4.69, 9.17) is 18.9 Å². The van der Waals surface area contributed by atoms with E-state index in [0.29, 0.717) is 25.0 Å². The van der Waals surface area contributed by atoms with E-state index in [1.165, 1.54) is 25.7 Å². The van der Waals surface area contributed by atoms with E-state index in [1.54, 1.807) is 5.57 Å². The van der Waals surface area contributed by atoms with Gasteiger partial charge in [-0.1, -0.05) is 19.4 Å². The van der Waals surface area contributed by atoms with Crippen LogP contribution in [-0.4, -0.2) is 48.6 Å². The number of ether oxygens (including phenoxy) is 4. The minimum Gasteiger partial charge on any atom is -0.479 e. The van der Waals surface area contributed by atoms with Crippen LogP contribution in [0.5, 0.6) is 0 Å². The summed E-state index contributed by atoms with van der Waals surface area (Å²) in [5, 5.41) is 9.43. The second-order valence-electron chi connectivity index (χ2n) is 12.0. The lowest BCUT2D eigenvalue weighted by Crippen LogP contribution is -2.54. The van der Waals surface area contributed by atoms with Gasteiger partial charge in [-0.2, -0.15) is 0 Å². The molecule has 6 heteroatoms. The monoisotopic (exact) mass is 446 g/mol. The molecular weight excluding hydrogens is 408 g/mol. The van der Waals surface area contributed by atoms with Gasteiger partial charge < -0.3 is 24.1 Å². The number of carbonyl (C=O) groups is 1. The van der Waals surface area contributed by atoms with Crippen LogP contribution in [0.2, 0.25) is 0 Å². The highest BCUT2D eigenvalue weighted by molar-refractivity contribution is 5.72. The molecule has 8 atom stereocenters. The van der Waals surface area contributed by atoms with Gasteiger partial charge in [0.15, 0.2) is 17.7 Å². The molecule has 6 nitrogen and oxygen atoms in total. The summed E-state index contributed by atoms with van der Waals surface area (Å²) in [5.41, 5.74) is 1.97. The summed E-state index contributed by atoms with van der Waals surface area (Å²) in [5.74, 6) is 0.204. The van der Waals surface area contributed by atoms with E-state index in [9.17, 15) is 9.90 Å². The number of fused-ring (bicyclic) bond motifs is 5. The number of carboxylic acids is 1. The van der Waals surface area contributed by atoms with Crippen LogP contribution in [0.1, 0.15) is 72.1 Å². The lowest BCUT2D eigenvalue weighted by Gasteiger charge is -2.59. The summed E-state index contributed by atoms with van der Waals surface area (Å²) < 4.78 is 24.2. The first-order valence-electron chi connectivity index (χ1n) is 12.7. The first-order valence-corrected chi connectivity index (χ1v) is 12.7. The van der Waals surface area contributed by atoms with E-state index >= 15 is 0 Å². The molecule has 0 aromatic heterocycles. The Bertz CT molecular complexity index is 832. The molecule has 6 aliphatic rings. The van der Waals surface area contributed by atoms with Crippen LogP contribution in [0.3, 0.4) is 0 Å². The van der Waals surface area contributed by atoms with E-state index in [2.05, 4.69) is 19.9 Å². The Morgan fingerprint density at radius 3 is 2.47 bits per heavy atom. The Morgan fingerprint density at radius 2 is 1.75 bits per heavy atom. The molecule has 0 amide bonds. The number of allylic oxidation sites excluding steroid dienone is 1. The molecule has 2 saturated heterocycles. The fourth-order valence-electron chi connectivity index (χ4n) is 9.14. The SMILES string of the molecule is CC1([C@H]2CC[C@H]3[C@@H]4CCC5=CC6(CC[C@]5(C)[C@H]4CC[C@]23C)OCCO6)OCC(C(=O)O)O1. The summed E-state index contributed by atoms with van der Waals surface area (Å²) in [6, 6.07) is 0. The van der Waals surface area contributed by atoms with E-state index in [0.717, 1.165) is 31.6 Å². The van der Waals surface area contributed by atoms with Crippen molar-refractivity contribution >= 4 is 5.97 Å². The maximum absolute atomic E-state index is 11.5. The van der Waals surface area contributed by atoms with Crippen molar-refractivity contribution in [1.82, 2.24) is 0 Å². The van der Waals surface area contributed by atoms with Crippen LogP contribution in [0, 0.1) is 34.5 Å². The van der Waals surface area contributed by atoms with Gasteiger partial charge in [0.1, 0.15) is 0 Å². The zero-order valence-electron chi connectivity index (χ0n) is 19.7. The summed E-state index contributed by atoms with van der Waals surface area (Å²) >= 11 is 0. The van der Waals surface area contributed by atoms with E-state index in [1.807, 2.05) is 6.92 Å². The standard InChI is InChI=1S/C26H38O6/c1-23-10-11-26(29-12-13-30-26)14-16(23)4-5-17-18-6-7-21(24(18,2)9-8-19(17)23)25(3)31-15-20(32-25)22(27)28/h14,17-21H,4-13,15H2,1-3H3,(H,27,28)/t17-,18-,19-,20?,21-,23-,24-,25?/m0/s1. The third-order valence-corrected chi connectivity index (χ3v) is 10.7. The molecule has 32 heavy (non-hydrogen) atoms. The van der Waals surface area contributed by atoms with Gasteiger partial charge in [0.05, 0.1) is 19.8 Å². The first kappa shape index (κ1) is 21.6. The van der Waals surface area contributed by atoms with Crippen molar-refractivity contribution in [1.29, 1.82) is 0 Å². The summed E-state index contributed by atoms with van der Waals surface area (Å²) in [6.45, 7) is 8.52. The Hall–Kier alpha value is -0.950. The van der Waals surface area contributed by atoms with E-state index in [-0.39, 0.29) is 23.4 Å². The molecule has 0 aromatic carbocycles. The largest absolute Gasteiger partial charge is 0.479 e. The molecule has 0 bridgehead atoms. The minimum absolute atomic E-state index is 0.147. The number of aliphatic carboxylic acids is 1. The van der Waals surface area contributed by atoms with Crippen molar-refractivity contribution < 1.29 is 28.8 Å². The van der Waals surface area contributed by atoms with Gasteiger partial charge in [0, 0.05) is 12.3 Å². The Morgan fingerprint density at radius 1 is 0.969 bits per heavy atom. The number of carboxylic acid groups (broad SMARTS) is 1. The highest BCUT2D eigenvalue weighted by Gasteiger charge is 2.64. The maximum atomic E-state index is 11.5. The third-order valence-electron chi connectivity index (χ3n) is 10.7. The Balaban J connectivity index is 1.25. The smallest absolute Gasteiger partial charge is 0.335 e. The van der Waals surface area contributed by atoms with Crippen LogP contribution >= 0.6 is 0 Å². The zero-order chi connectivity index (χ0) is 22.4. The van der Waals surface area contributed by atoms with Crippen molar-refractivity contribution in [2.75, 3.05) is 19.8 Å². The molecule has 3 saturated carbocycles. The molecule has 0 aromatic rings. The summed E-state index contributed by atoms with van der Waals surface area (Å²) in [4.78, 5) is 11.5. The number of hydrogen-bond donors (Lipinski definition) is 1. The van der Waals surface area contributed by atoms with Crippen LogP contribution < -0.4 is 0 Å². The number of rotatable bonds is 2. The fourth-order valence-corrected chi connectivity index (χ4v) is 9.14. The predicted octanol–water partition coefficient (Wildman–Crippen LogP) is 4.52. The van der Waals surface area contributed by atoms with Crippen molar-refractivity contribution in [3.8, 4) is 0 Å². The van der Waals surface area contributed by atoms with Gasteiger partial charge in [-0.3, -0.25) is 0 Å². The van der Waals surface area contributed by atoms with Gasteiger partial charge in [-0.25, -0.2) is 4.79 Å². The molecular formula is C26H38O6. The average molecular weight is 447 g/mol. The zero-order valence-corrected chi connectivity index (χ0v) is 19.7. The van der Waals surface area contributed by atoms with Crippen LogP contribution in [0.25, 0.3) is 0 Å². The minimum atomic E-state index is -0.915. The third kappa shape index (κ3) is 2.88. The van der Waals surface area contributed by atoms with Crippen molar-refractivity contribution in [2.45, 2.75) is 89.8 Å². The summed E-state index contributed by atoms with van der Waals surface area (Å²) in [7, 11) is 0. The normalized spacial score (nSPS) is 51.7. The highest BCUT2D eigenvalue weighted by Crippen LogP contribution is 2.69. The van der Waals surface area contributed by atoms with Gasteiger partial charge in [-0.05, 0) is 86.5 Å². The molecule has 6 rings (SSSR count). The molecule has 2 unspecified atom stereocenters. The average Bonchev–Trinajstić information content (AvgIpc) is 3.46. The molecule has 178 valence electrons. The fraction of sp³-hybridized carbons (Fsp3) is 0.885. The first-order chi connectivity index (χ1) is 15.2. The predicted molar refractivity (Wildman–Crippen MR) is 117 cm³/mol. The summed E-state index contributed by atoms with van der Waals surface area (Å²) in [6.07, 6.45) is 10.7. The maximum Gasteiger partial charge on any atom is 0.335 e. The van der Waals surface area contributed by atoms with Gasteiger partial charge in [0.25, 0.3) is 0 Å². The van der Waals surface area contributed by atoms with Gasteiger partial charge >= 0.3 is 5.97 Å². The Labute approximate surface area is 191 Å². The topological polar surface area (TPSA) is 74.2 Å². The molecule has 2 heterocycles. The van der Waals surface area contributed by atoms with Gasteiger partial charge in [0.2, 0.25) is 0 Å². The van der Waals surface area contributed by atoms with Crippen molar-refractivity contribution in [3.63, 3.8) is 0 Å². The van der Waals surface area contributed by atoms with E-state index < -0.39 is 23.6 Å². The lowest BCUT2D eigenvalue weighted by molar-refractivity contribution is -0.225. The Kier molecular flexibility index (Phi) is 4.74. The molecule has 2 aliphatic heterocycles. The van der Waals surface area contributed by atoms with Gasteiger partial charge in [-0.15, -0.1) is 0 Å². The molecule has 5 fully saturated rings.